The van der Waals surface area contributed by atoms with Gasteiger partial charge in [-0.05, 0) is 37.5 Å². The number of benzene rings is 1. The van der Waals surface area contributed by atoms with Crippen LogP contribution in [0.2, 0.25) is 0 Å². The minimum atomic E-state index is -0.103. The topological polar surface area (TPSA) is 72.8 Å². The van der Waals surface area contributed by atoms with Gasteiger partial charge in [0.15, 0.2) is 0 Å². The molecule has 3 N–H and O–H groups in total. The molecule has 0 heterocycles. The Morgan fingerprint density at radius 3 is 2.53 bits per heavy atom. The lowest BCUT2D eigenvalue weighted by atomic mass is 10.2. The van der Waals surface area contributed by atoms with Gasteiger partial charge in [0.1, 0.15) is 5.75 Å². The number of carbonyl (C=O) groups is 1. The van der Waals surface area contributed by atoms with Gasteiger partial charge in [0, 0.05) is 26.2 Å². The van der Waals surface area contributed by atoms with Crippen molar-refractivity contribution in [2.24, 2.45) is 0 Å². The van der Waals surface area contributed by atoms with Crippen LogP contribution in [-0.2, 0) is 6.54 Å². The van der Waals surface area contributed by atoms with Crippen molar-refractivity contribution in [3.05, 3.63) is 29.8 Å². The summed E-state index contributed by atoms with van der Waals surface area (Å²) in [6.45, 7) is 3.83. The Morgan fingerprint density at radius 2 is 1.95 bits per heavy atom. The quantitative estimate of drug-likeness (QED) is 0.658. The highest BCUT2D eigenvalue weighted by molar-refractivity contribution is 5.74. The van der Waals surface area contributed by atoms with Crippen LogP contribution in [0.4, 0.5) is 4.79 Å². The molecule has 5 heteroatoms. The van der Waals surface area contributed by atoms with Crippen molar-refractivity contribution < 1.29 is 15.0 Å². The van der Waals surface area contributed by atoms with E-state index in [1.54, 1.807) is 29.2 Å². The van der Waals surface area contributed by atoms with Gasteiger partial charge in [-0.15, -0.1) is 0 Å². The molecule has 1 aromatic carbocycles. The lowest BCUT2D eigenvalue weighted by Gasteiger charge is -2.21. The number of amides is 2. The van der Waals surface area contributed by atoms with Gasteiger partial charge in [0.2, 0.25) is 0 Å². The smallest absolute Gasteiger partial charge is 0.317 e. The maximum Gasteiger partial charge on any atom is 0.317 e. The van der Waals surface area contributed by atoms with E-state index in [9.17, 15) is 4.79 Å². The second-order valence-electron chi connectivity index (χ2n) is 4.34. The summed E-state index contributed by atoms with van der Waals surface area (Å²) in [6.07, 6.45) is 1.51. The second-order valence-corrected chi connectivity index (χ2v) is 4.34. The van der Waals surface area contributed by atoms with Crippen molar-refractivity contribution >= 4 is 6.03 Å². The Balaban J connectivity index is 2.37. The molecule has 0 aliphatic heterocycles. The standard InChI is InChI=1S/C14H22N2O3/c1-2-16(9-3-4-10-17)14(19)15-11-12-5-7-13(18)8-6-12/h5-8,17-18H,2-4,9-11H2,1H3,(H,15,19). The molecule has 1 aromatic rings. The number of aromatic hydroxyl groups is 1. The largest absolute Gasteiger partial charge is 0.508 e. The predicted molar refractivity (Wildman–Crippen MR) is 73.9 cm³/mol. The first-order valence-corrected chi connectivity index (χ1v) is 6.59. The number of nitrogens with zero attached hydrogens (tertiary/aromatic N) is 1. The zero-order chi connectivity index (χ0) is 14.1. The molecule has 106 valence electrons. The van der Waals surface area contributed by atoms with E-state index in [1.165, 1.54) is 0 Å². The molecule has 0 spiro atoms. The van der Waals surface area contributed by atoms with Crippen LogP contribution >= 0.6 is 0 Å². The first kappa shape index (κ1) is 15.3. The molecular weight excluding hydrogens is 244 g/mol. The Kier molecular flexibility index (Phi) is 6.74. The monoisotopic (exact) mass is 266 g/mol. The zero-order valence-corrected chi connectivity index (χ0v) is 11.3. The van der Waals surface area contributed by atoms with Gasteiger partial charge >= 0.3 is 6.03 Å². The molecule has 0 fully saturated rings. The number of phenolic OH excluding ortho intramolecular Hbond substituents is 1. The van der Waals surface area contributed by atoms with E-state index < -0.39 is 0 Å². The van der Waals surface area contributed by atoms with Crippen LogP contribution in [0, 0.1) is 0 Å². The van der Waals surface area contributed by atoms with Crippen LogP contribution in [0.25, 0.3) is 0 Å². The molecule has 0 atom stereocenters. The first-order valence-electron chi connectivity index (χ1n) is 6.59. The Labute approximate surface area is 113 Å². The van der Waals surface area contributed by atoms with Crippen LogP contribution < -0.4 is 5.32 Å². The van der Waals surface area contributed by atoms with E-state index in [4.69, 9.17) is 10.2 Å². The molecule has 0 aliphatic carbocycles. The summed E-state index contributed by atoms with van der Waals surface area (Å²) in [6, 6.07) is 6.64. The third-order valence-electron chi connectivity index (χ3n) is 2.89. The molecule has 2 amide bonds. The first-order chi connectivity index (χ1) is 9.17. The minimum Gasteiger partial charge on any atom is -0.508 e. The Hall–Kier alpha value is -1.75. The number of carbonyl (C=O) groups excluding carboxylic acids is 1. The highest BCUT2D eigenvalue weighted by Crippen LogP contribution is 2.09. The van der Waals surface area contributed by atoms with Crippen LogP contribution in [0.3, 0.4) is 0 Å². The summed E-state index contributed by atoms with van der Waals surface area (Å²) in [5, 5.41) is 20.7. The van der Waals surface area contributed by atoms with Crippen molar-refractivity contribution in [3.8, 4) is 5.75 Å². The highest BCUT2D eigenvalue weighted by atomic mass is 16.3. The summed E-state index contributed by atoms with van der Waals surface area (Å²) in [4.78, 5) is 13.6. The van der Waals surface area contributed by atoms with Crippen LogP contribution in [0.15, 0.2) is 24.3 Å². The number of phenols is 1. The molecule has 0 aromatic heterocycles. The van der Waals surface area contributed by atoms with Crippen LogP contribution in [0.1, 0.15) is 25.3 Å². The number of hydrogen-bond donors (Lipinski definition) is 3. The summed E-state index contributed by atoms with van der Waals surface area (Å²) in [5.41, 5.74) is 0.942. The number of aliphatic hydroxyl groups is 1. The van der Waals surface area contributed by atoms with E-state index >= 15 is 0 Å². The van der Waals surface area contributed by atoms with E-state index in [1.807, 2.05) is 6.92 Å². The molecule has 0 unspecified atom stereocenters. The molecule has 0 radical (unpaired) electrons. The van der Waals surface area contributed by atoms with E-state index in [0.29, 0.717) is 26.1 Å². The lowest BCUT2D eigenvalue weighted by molar-refractivity contribution is 0.196. The third kappa shape index (κ3) is 5.61. The number of urea groups is 1. The maximum atomic E-state index is 11.9. The van der Waals surface area contributed by atoms with Crippen LogP contribution in [0.5, 0.6) is 5.75 Å². The summed E-state index contributed by atoms with van der Waals surface area (Å²) >= 11 is 0. The number of rotatable bonds is 7. The van der Waals surface area contributed by atoms with Gasteiger partial charge in [-0.3, -0.25) is 0 Å². The number of hydrogen-bond acceptors (Lipinski definition) is 3. The molecule has 0 aliphatic rings. The van der Waals surface area contributed by atoms with Gasteiger partial charge in [-0.2, -0.15) is 0 Å². The minimum absolute atomic E-state index is 0.103. The predicted octanol–water partition coefficient (Wildman–Crippen LogP) is 1.70. The average Bonchev–Trinajstić information content (AvgIpc) is 2.43. The number of aliphatic hydroxyl groups excluding tert-OH is 1. The summed E-state index contributed by atoms with van der Waals surface area (Å²) in [7, 11) is 0. The fourth-order valence-corrected chi connectivity index (χ4v) is 1.72. The van der Waals surface area contributed by atoms with Gasteiger partial charge in [-0.1, -0.05) is 12.1 Å². The lowest BCUT2D eigenvalue weighted by Crippen LogP contribution is -2.40. The normalized spacial score (nSPS) is 10.2. The average molecular weight is 266 g/mol. The van der Waals surface area contributed by atoms with Crippen molar-refractivity contribution in [1.29, 1.82) is 0 Å². The molecule has 0 saturated heterocycles. The van der Waals surface area contributed by atoms with E-state index in [-0.39, 0.29) is 18.4 Å². The highest BCUT2D eigenvalue weighted by Gasteiger charge is 2.10. The second kappa shape index (κ2) is 8.37. The van der Waals surface area contributed by atoms with Crippen molar-refractivity contribution in [2.75, 3.05) is 19.7 Å². The van der Waals surface area contributed by atoms with Crippen molar-refractivity contribution in [2.45, 2.75) is 26.3 Å². The fourth-order valence-electron chi connectivity index (χ4n) is 1.72. The van der Waals surface area contributed by atoms with Gasteiger partial charge in [0.25, 0.3) is 0 Å². The van der Waals surface area contributed by atoms with Gasteiger partial charge in [-0.25, -0.2) is 4.79 Å². The maximum absolute atomic E-state index is 11.9. The molecule has 0 bridgehead atoms. The number of unbranched alkanes of at least 4 members (excludes halogenated alkanes) is 1. The SMILES string of the molecule is CCN(CCCCO)C(=O)NCc1ccc(O)cc1. The summed E-state index contributed by atoms with van der Waals surface area (Å²) < 4.78 is 0. The van der Waals surface area contributed by atoms with Crippen molar-refractivity contribution in [1.82, 2.24) is 10.2 Å². The Bertz CT molecular complexity index is 379. The van der Waals surface area contributed by atoms with E-state index in [0.717, 1.165) is 12.0 Å². The molecule has 5 nitrogen and oxygen atoms in total. The molecule has 0 saturated carbocycles. The van der Waals surface area contributed by atoms with Crippen LogP contribution in [-0.4, -0.2) is 40.8 Å². The van der Waals surface area contributed by atoms with Gasteiger partial charge in [0.05, 0.1) is 0 Å². The fraction of sp³-hybridized carbons (Fsp3) is 0.500. The van der Waals surface area contributed by atoms with E-state index in [2.05, 4.69) is 5.32 Å². The molecule has 1 rings (SSSR count). The Morgan fingerprint density at radius 1 is 1.26 bits per heavy atom. The molecule has 19 heavy (non-hydrogen) atoms. The van der Waals surface area contributed by atoms with Gasteiger partial charge < -0.3 is 20.4 Å². The molecular formula is C14H22N2O3. The number of nitrogens with one attached hydrogen (secondary N) is 1. The van der Waals surface area contributed by atoms with Crippen molar-refractivity contribution in [3.63, 3.8) is 0 Å². The third-order valence-corrected chi connectivity index (χ3v) is 2.89. The summed E-state index contributed by atoms with van der Waals surface area (Å²) in [5.74, 6) is 0.217. The zero-order valence-electron chi connectivity index (χ0n) is 11.3.